The van der Waals surface area contributed by atoms with Gasteiger partial charge in [0.1, 0.15) is 6.33 Å². The quantitative estimate of drug-likeness (QED) is 0.630. The Kier molecular flexibility index (Phi) is 2.91. The van der Waals surface area contributed by atoms with Gasteiger partial charge in [0.2, 0.25) is 5.16 Å². The van der Waals surface area contributed by atoms with Gasteiger partial charge in [0.15, 0.2) is 0 Å². The number of hydrogen-bond acceptors (Lipinski definition) is 4. The van der Waals surface area contributed by atoms with Gasteiger partial charge in [-0.25, -0.2) is 4.68 Å². The number of aryl methyl sites for hydroxylation is 1. The molecule has 0 aliphatic carbocycles. The van der Waals surface area contributed by atoms with E-state index >= 15 is 0 Å². The maximum Gasteiger partial charge on any atom is 0.209 e. The van der Waals surface area contributed by atoms with E-state index in [4.69, 9.17) is 5.84 Å². The number of hydrogen-bond donors (Lipinski definition) is 1. The first-order chi connectivity index (χ1) is 7.25. The van der Waals surface area contributed by atoms with Crippen LogP contribution in [0, 0.1) is 6.92 Å². The summed E-state index contributed by atoms with van der Waals surface area (Å²) < 4.78 is 1.43. The second kappa shape index (κ2) is 4.35. The average Bonchev–Trinajstić information content (AvgIpc) is 2.61. The fraction of sp³-hybridized carbons (Fsp3) is 0.200. The molecule has 15 heavy (non-hydrogen) atoms. The van der Waals surface area contributed by atoms with Crippen LogP contribution in [0.3, 0.4) is 0 Å². The molecule has 4 nitrogen and oxygen atoms in total. The van der Waals surface area contributed by atoms with Gasteiger partial charge in [0.05, 0.1) is 0 Å². The van der Waals surface area contributed by atoms with Crippen molar-refractivity contribution in [2.45, 2.75) is 17.8 Å². The number of thioether (sulfide) groups is 1. The zero-order valence-corrected chi connectivity index (χ0v) is 9.24. The molecular formula is C10H12N4S. The minimum absolute atomic E-state index is 0.733. The minimum atomic E-state index is 0.733. The maximum atomic E-state index is 5.61. The number of nitrogen functional groups attached to an aromatic ring is 1. The number of aromatic nitrogens is 3. The van der Waals surface area contributed by atoms with Crippen LogP contribution in [0.4, 0.5) is 0 Å². The van der Waals surface area contributed by atoms with E-state index in [9.17, 15) is 0 Å². The van der Waals surface area contributed by atoms with Gasteiger partial charge in [-0.2, -0.15) is 0 Å². The zero-order chi connectivity index (χ0) is 10.7. The summed E-state index contributed by atoms with van der Waals surface area (Å²) in [4.78, 5) is 0. The van der Waals surface area contributed by atoms with Gasteiger partial charge in [-0.3, -0.25) is 0 Å². The molecule has 0 saturated carbocycles. The summed E-state index contributed by atoms with van der Waals surface area (Å²) in [6.45, 7) is 2.08. The van der Waals surface area contributed by atoms with Gasteiger partial charge in [0.25, 0.3) is 0 Å². The molecule has 2 N–H and O–H groups in total. The van der Waals surface area contributed by atoms with Gasteiger partial charge in [0, 0.05) is 5.75 Å². The van der Waals surface area contributed by atoms with E-state index in [1.165, 1.54) is 22.1 Å². The Morgan fingerprint density at radius 1 is 1.47 bits per heavy atom. The average molecular weight is 220 g/mol. The second-order valence-corrected chi connectivity index (χ2v) is 4.24. The zero-order valence-electron chi connectivity index (χ0n) is 8.42. The van der Waals surface area contributed by atoms with Crippen LogP contribution in [0.15, 0.2) is 35.7 Å². The molecule has 78 valence electrons. The van der Waals surface area contributed by atoms with E-state index in [0.29, 0.717) is 0 Å². The van der Waals surface area contributed by atoms with Gasteiger partial charge in [-0.05, 0) is 12.5 Å². The van der Waals surface area contributed by atoms with Gasteiger partial charge in [-0.15, -0.1) is 10.2 Å². The van der Waals surface area contributed by atoms with Crippen molar-refractivity contribution in [1.29, 1.82) is 0 Å². The lowest BCUT2D eigenvalue weighted by molar-refractivity contribution is 0.846. The van der Waals surface area contributed by atoms with Crippen molar-refractivity contribution in [2.24, 2.45) is 0 Å². The van der Waals surface area contributed by atoms with Crippen molar-refractivity contribution in [3.05, 3.63) is 41.7 Å². The highest BCUT2D eigenvalue weighted by Gasteiger charge is 2.02. The molecule has 1 heterocycles. The number of benzene rings is 1. The fourth-order valence-electron chi connectivity index (χ4n) is 1.29. The highest BCUT2D eigenvalue weighted by Crippen LogP contribution is 2.19. The Hall–Kier alpha value is -1.49. The summed E-state index contributed by atoms with van der Waals surface area (Å²) in [6.07, 6.45) is 1.50. The molecule has 1 aromatic heterocycles. The monoisotopic (exact) mass is 220 g/mol. The standard InChI is InChI=1S/C10H12N4S/c1-8-3-2-4-9(5-8)6-15-10-13-12-7-14(10)11/h2-5,7H,6,11H2,1H3. The Morgan fingerprint density at radius 2 is 2.33 bits per heavy atom. The van der Waals surface area contributed by atoms with Crippen molar-refractivity contribution in [2.75, 3.05) is 5.84 Å². The predicted octanol–water partition coefficient (Wildman–Crippen LogP) is 1.59. The smallest absolute Gasteiger partial charge is 0.209 e. The molecule has 1 aromatic carbocycles. The number of rotatable bonds is 3. The molecule has 5 heteroatoms. The van der Waals surface area contributed by atoms with E-state index in [0.717, 1.165) is 10.9 Å². The van der Waals surface area contributed by atoms with Crippen molar-refractivity contribution in [1.82, 2.24) is 14.9 Å². The Labute approximate surface area is 92.5 Å². The molecule has 0 saturated heterocycles. The van der Waals surface area contributed by atoms with E-state index in [1.807, 2.05) is 0 Å². The third kappa shape index (κ3) is 2.50. The van der Waals surface area contributed by atoms with Crippen LogP contribution in [0.1, 0.15) is 11.1 Å². The molecule has 2 rings (SSSR count). The molecule has 0 bridgehead atoms. The SMILES string of the molecule is Cc1cccc(CSc2nncn2N)c1. The van der Waals surface area contributed by atoms with E-state index < -0.39 is 0 Å². The lowest BCUT2D eigenvalue weighted by Gasteiger charge is -2.01. The molecule has 0 fully saturated rings. The van der Waals surface area contributed by atoms with Crippen LogP contribution in [0.2, 0.25) is 0 Å². The highest BCUT2D eigenvalue weighted by molar-refractivity contribution is 7.98. The first-order valence-corrected chi connectivity index (χ1v) is 5.58. The van der Waals surface area contributed by atoms with Gasteiger partial charge >= 0.3 is 0 Å². The molecule has 0 aliphatic heterocycles. The van der Waals surface area contributed by atoms with Crippen LogP contribution in [-0.2, 0) is 5.75 Å². The van der Waals surface area contributed by atoms with Crippen LogP contribution < -0.4 is 5.84 Å². The van der Waals surface area contributed by atoms with E-state index in [-0.39, 0.29) is 0 Å². The Morgan fingerprint density at radius 3 is 3.00 bits per heavy atom. The number of nitrogens with two attached hydrogens (primary N) is 1. The first kappa shape index (κ1) is 10.0. The number of nitrogens with zero attached hydrogens (tertiary/aromatic N) is 3. The second-order valence-electron chi connectivity index (χ2n) is 3.30. The summed E-state index contributed by atoms with van der Waals surface area (Å²) in [6, 6.07) is 8.39. The van der Waals surface area contributed by atoms with Crippen LogP contribution >= 0.6 is 11.8 Å². The van der Waals surface area contributed by atoms with Gasteiger partial charge < -0.3 is 5.84 Å². The van der Waals surface area contributed by atoms with Crippen molar-refractivity contribution >= 4 is 11.8 Å². The predicted molar refractivity (Wildman–Crippen MR) is 60.9 cm³/mol. The molecule has 0 aliphatic rings. The Bertz CT molecular complexity index is 452. The molecule has 2 aromatic rings. The van der Waals surface area contributed by atoms with Gasteiger partial charge in [-0.1, -0.05) is 41.6 Å². The summed E-state index contributed by atoms with van der Waals surface area (Å²) in [5.41, 5.74) is 2.53. The Balaban J connectivity index is 2.02. The van der Waals surface area contributed by atoms with E-state index in [2.05, 4.69) is 41.4 Å². The third-order valence-electron chi connectivity index (χ3n) is 1.99. The van der Waals surface area contributed by atoms with Crippen LogP contribution in [0.5, 0.6) is 0 Å². The molecule has 0 amide bonds. The summed E-state index contributed by atoms with van der Waals surface area (Å²) in [5.74, 6) is 6.46. The molecule has 0 atom stereocenters. The lowest BCUT2D eigenvalue weighted by Crippen LogP contribution is -2.07. The molecule has 0 radical (unpaired) electrons. The largest absolute Gasteiger partial charge is 0.336 e. The summed E-state index contributed by atoms with van der Waals surface area (Å²) in [5, 5.41) is 8.36. The van der Waals surface area contributed by atoms with Crippen LogP contribution in [-0.4, -0.2) is 14.9 Å². The van der Waals surface area contributed by atoms with E-state index in [1.54, 1.807) is 11.8 Å². The molecular weight excluding hydrogens is 208 g/mol. The van der Waals surface area contributed by atoms with Crippen molar-refractivity contribution in [3.63, 3.8) is 0 Å². The molecule has 0 spiro atoms. The topological polar surface area (TPSA) is 56.7 Å². The lowest BCUT2D eigenvalue weighted by atomic mass is 10.2. The fourth-order valence-corrected chi connectivity index (χ4v) is 2.06. The maximum absolute atomic E-state index is 5.61. The first-order valence-electron chi connectivity index (χ1n) is 4.59. The third-order valence-corrected chi connectivity index (χ3v) is 3.02. The summed E-state index contributed by atoms with van der Waals surface area (Å²) in [7, 11) is 0. The van der Waals surface area contributed by atoms with Crippen LogP contribution in [0.25, 0.3) is 0 Å². The summed E-state index contributed by atoms with van der Waals surface area (Å²) >= 11 is 1.58. The highest BCUT2D eigenvalue weighted by atomic mass is 32.2. The van der Waals surface area contributed by atoms with Crippen molar-refractivity contribution in [3.8, 4) is 0 Å². The van der Waals surface area contributed by atoms with Crippen molar-refractivity contribution < 1.29 is 0 Å². The molecule has 0 unspecified atom stereocenters. The minimum Gasteiger partial charge on any atom is -0.336 e. The normalized spacial score (nSPS) is 10.5.